The van der Waals surface area contributed by atoms with Gasteiger partial charge in [-0.05, 0) is 39.2 Å². The van der Waals surface area contributed by atoms with Crippen molar-refractivity contribution in [3.05, 3.63) is 35.9 Å². The first-order valence-electron chi connectivity index (χ1n) is 8.61. The van der Waals surface area contributed by atoms with Crippen LogP contribution in [0.5, 0.6) is 0 Å². The number of ether oxygens (including phenoxy) is 2. The Kier molecular flexibility index (Phi) is 6.63. The Balaban J connectivity index is 1.91. The van der Waals surface area contributed by atoms with Gasteiger partial charge in [0.05, 0.1) is 12.7 Å². The summed E-state index contributed by atoms with van der Waals surface area (Å²) in [5.41, 5.74) is 0.618. The van der Waals surface area contributed by atoms with E-state index in [0.29, 0.717) is 19.7 Å². The molecule has 0 radical (unpaired) electrons. The molecule has 134 valence electrons. The molecule has 1 aromatic carbocycles. The summed E-state index contributed by atoms with van der Waals surface area (Å²) in [6.07, 6.45) is 1.23. The quantitative estimate of drug-likeness (QED) is 0.918. The normalized spacial score (nSPS) is 22.1. The molecule has 1 aliphatic rings. The van der Waals surface area contributed by atoms with Gasteiger partial charge in [0.15, 0.2) is 0 Å². The monoisotopic (exact) mass is 335 g/mol. The van der Waals surface area contributed by atoms with Gasteiger partial charge in [0.2, 0.25) is 0 Å². The maximum atomic E-state index is 12.3. The molecule has 5 heteroatoms. The van der Waals surface area contributed by atoms with E-state index in [0.717, 1.165) is 18.4 Å². The first kappa shape index (κ1) is 18.7. The predicted molar refractivity (Wildman–Crippen MR) is 92.6 cm³/mol. The van der Waals surface area contributed by atoms with Crippen LogP contribution in [0.1, 0.15) is 39.2 Å². The number of rotatable bonds is 4. The van der Waals surface area contributed by atoms with E-state index in [1.54, 1.807) is 4.90 Å². The van der Waals surface area contributed by atoms with Gasteiger partial charge in [0.25, 0.3) is 0 Å². The summed E-state index contributed by atoms with van der Waals surface area (Å²) >= 11 is 0. The van der Waals surface area contributed by atoms with Gasteiger partial charge < -0.3 is 19.5 Å². The molecule has 24 heavy (non-hydrogen) atoms. The van der Waals surface area contributed by atoms with Crippen molar-refractivity contribution in [1.29, 1.82) is 0 Å². The van der Waals surface area contributed by atoms with E-state index in [-0.39, 0.29) is 24.7 Å². The van der Waals surface area contributed by atoms with Crippen LogP contribution < -0.4 is 0 Å². The third-order valence-electron chi connectivity index (χ3n) is 4.03. The number of amides is 1. The fourth-order valence-electron chi connectivity index (χ4n) is 2.83. The summed E-state index contributed by atoms with van der Waals surface area (Å²) in [6.45, 7) is 7.27. The zero-order valence-electron chi connectivity index (χ0n) is 14.9. The van der Waals surface area contributed by atoms with Crippen molar-refractivity contribution in [2.24, 2.45) is 5.92 Å². The number of hydrogen-bond donors (Lipinski definition) is 1. The molecule has 5 nitrogen and oxygen atoms in total. The average molecular weight is 335 g/mol. The van der Waals surface area contributed by atoms with Crippen molar-refractivity contribution in [3.8, 4) is 0 Å². The standard InChI is InChI=1S/C19H29NO4/c1-19(2,3)24-18(22)20-10-9-17(11-16(12-20)13-21)23-14-15-7-5-4-6-8-15/h4-8,16-17,21H,9-14H2,1-3H3/t16-,17-/m1/s1. The van der Waals surface area contributed by atoms with Crippen molar-refractivity contribution in [1.82, 2.24) is 4.90 Å². The van der Waals surface area contributed by atoms with Gasteiger partial charge in [-0.25, -0.2) is 4.79 Å². The van der Waals surface area contributed by atoms with E-state index in [2.05, 4.69) is 0 Å². The Morgan fingerprint density at radius 1 is 1.29 bits per heavy atom. The van der Waals surface area contributed by atoms with E-state index in [4.69, 9.17) is 9.47 Å². The highest BCUT2D eigenvalue weighted by Crippen LogP contribution is 2.22. The molecule has 0 bridgehead atoms. The SMILES string of the molecule is CC(C)(C)OC(=O)N1CC[C@@H](OCc2ccccc2)C[C@@H](CO)C1. The highest BCUT2D eigenvalue weighted by Gasteiger charge is 2.29. The van der Waals surface area contributed by atoms with Crippen LogP contribution in [0.2, 0.25) is 0 Å². The molecule has 1 aliphatic heterocycles. The zero-order chi connectivity index (χ0) is 17.6. The molecular formula is C19H29NO4. The Bertz CT molecular complexity index is 512. The Labute approximate surface area is 144 Å². The minimum Gasteiger partial charge on any atom is -0.444 e. The maximum absolute atomic E-state index is 12.3. The van der Waals surface area contributed by atoms with Crippen LogP contribution in [0.15, 0.2) is 30.3 Å². The van der Waals surface area contributed by atoms with E-state index in [9.17, 15) is 9.90 Å². The fraction of sp³-hybridized carbons (Fsp3) is 0.632. The molecule has 0 unspecified atom stereocenters. The maximum Gasteiger partial charge on any atom is 0.410 e. The predicted octanol–water partition coefficient (Wildman–Crippen LogP) is 3.21. The largest absolute Gasteiger partial charge is 0.444 e. The number of aliphatic hydroxyl groups is 1. The minimum atomic E-state index is -0.513. The lowest BCUT2D eigenvalue weighted by Crippen LogP contribution is -2.39. The minimum absolute atomic E-state index is 0.0146. The van der Waals surface area contributed by atoms with Crippen LogP contribution in [0.4, 0.5) is 4.79 Å². The molecular weight excluding hydrogens is 306 g/mol. The van der Waals surface area contributed by atoms with Crippen LogP contribution in [0.25, 0.3) is 0 Å². The van der Waals surface area contributed by atoms with Crippen LogP contribution in [-0.2, 0) is 16.1 Å². The summed E-state index contributed by atoms with van der Waals surface area (Å²) in [4.78, 5) is 14.0. The lowest BCUT2D eigenvalue weighted by atomic mass is 10.0. The molecule has 1 amide bonds. The first-order valence-corrected chi connectivity index (χ1v) is 8.61. The number of carbonyl (C=O) groups is 1. The number of likely N-dealkylation sites (tertiary alicyclic amines) is 1. The lowest BCUT2D eigenvalue weighted by Gasteiger charge is -2.27. The van der Waals surface area contributed by atoms with Gasteiger partial charge in [0.1, 0.15) is 5.60 Å². The molecule has 0 spiro atoms. The molecule has 2 rings (SSSR count). The van der Waals surface area contributed by atoms with Crippen molar-refractivity contribution in [2.75, 3.05) is 19.7 Å². The zero-order valence-corrected chi connectivity index (χ0v) is 14.9. The Morgan fingerprint density at radius 3 is 2.62 bits per heavy atom. The van der Waals surface area contributed by atoms with Gasteiger partial charge in [-0.15, -0.1) is 0 Å². The van der Waals surface area contributed by atoms with Gasteiger partial charge in [-0.1, -0.05) is 30.3 Å². The van der Waals surface area contributed by atoms with E-state index in [1.807, 2.05) is 51.1 Å². The van der Waals surface area contributed by atoms with Crippen LogP contribution >= 0.6 is 0 Å². The Hall–Kier alpha value is -1.59. The van der Waals surface area contributed by atoms with Crippen molar-refractivity contribution in [3.63, 3.8) is 0 Å². The van der Waals surface area contributed by atoms with Crippen molar-refractivity contribution in [2.45, 2.75) is 51.9 Å². The van der Waals surface area contributed by atoms with E-state index >= 15 is 0 Å². The number of benzene rings is 1. The van der Waals surface area contributed by atoms with E-state index in [1.165, 1.54) is 0 Å². The molecule has 1 fully saturated rings. The molecule has 0 saturated carbocycles. The molecule has 2 atom stereocenters. The summed E-state index contributed by atoms with van der Waals surface area (Å²) < 4.78 is 11.5. The van der Waals surface area contributed by atoms with Crippen molar-refractivity contribution >= 4 is 6.09 Å². The molecule has 0 aliphatic carbocycles. The third kappa shape index (κ3) is 6.13. The van der Waals surface area contributed by atoms with Gasteiger partial charge in [0, 0.05) is 25.6 Å². The third-order valence-corrected chi connectivity index (χ3v) is 4.03. The highest BCUT2D eigenvalue weighted by molar-refractivity contribution is 5.68. The van der Waals surface area contributed by atoms with Crippen LogP contribution in [0.3, 0.4) is 0 Å². The number of hydrogen-bond acceptors (Lipinski definition) is 4. The first-order chi connectivity index (χ1) is 11.4. The number of carbonyl (C=O) groups excluding carboxylic acids is 1. The summed E-state index contributed by atoms with van der Waals surface area (Å²) in [7, 11) is 0. The molecule has 0 aromatic heterocycles. The Morgan fingerprint density at radius 2 is 2.00 bits per heavy atom. The lowest BCUT2D eigenvalue weighted by molar-refractivity contribution is 0.0185. The van der Waals surface area contributed by atoms with Gasteiger partial charge in [-0.2, -0.15) is 0 Å². The van der Waals surface area contributed by atoms with Crippen LogP contribution in [-0.4, -0.2) is 47.5 Å². The second-order valence-electron chi connectivity index (χ2n) is 7.42. The van der Waals surface area contributed by atoms with Crippen molar-refractivity contribution < 1.29 is 19.4 Å². The van der Waals surface area contributed by atoms with Gasteiger partial charge >= 0.3 is 6.09 Å². The highest BCUT2D eigenvalue weighted by atomic mass is 16.6. The van der Waals surface area contributed by atoms with E-state index < -0.39 is 5.60 Å². The second-order valence-corrected chi connectivity index (χ2v) is 7.42. The second kappa shape index (κ2) is 8.49. The molecule has 1 aromatic rings. The summed E-state index contributed by atoms with van der Waals surface area (Å²) in [5.74, 6) is 0.0146. The van der Waals surface area contributed by atoms with Gasteiger partial charge in [-0.3, -0.25) is 0 Å². The average Bonchev–Trinajstić information content (AvgIpc) is 2.75. The van der Waals surface area contributed by atoms with Crippen LogP contribution in [0, 0.1) is 5.92 Å². The molecule has 1 N–H and O–H groups in total. The summed E-state index contributed by atoms with van der Waals surface area (Å²) in [6, 6.07) is 10.0. The topological polar surface area (TPSA) is 59.0 Å². The summed E-state index contributed by atoms with van der Waals surface area (Å²) in [5, 5.41) is 9.62. The molecule has 1 saturated heterocycles. The molecule has 1 heterocycles. The number of aliphatic hydroxyl groups excluding tert-OH is 1. The fourth-order valence-corrected chi connectivity index (χ4v) is 2.83. The number of nitrogens with zero attached hydrogens (tertiary/aromatic N) is 1. The smallest absolute Gasteiger partial charge is 0.410 e.